The predicted octanol–water partition coefficient (Wildman–Crippen LogP) is 3.61. The summed E-state index contributed by atoms with van der Waals surface area (Å²) in [6.07, 6.45) is 1.41. The summed E-state index contributed by atoms with van der Waals surface area (Å²) in [5, 5.41) is 19.8. The number of hydrogen-bond acceptors (Lipinski definition) is 5. The first kappa shape index (κ1) is 21.0. The number of carbonyl (C=O) groups excluding carboxylic acids is 1. The van der Waals surface area contributed by atoms with Crippen molar-refractivity contribution in [2.75, 3.05) is 6.61 Å². The summed E-state index contributed by atoms with van der Waals surface area (Å²) >= 11 is 0. The number of Topliss-reactive ketones (excluding diaryl/α,β-unsaturated/α-hetero) is 1. The molecule has 0 spiro atoms. The molecule has 0 saturated carbocycles. The fourth-order valence-corrected chi connectivity index (χ4v) is 3.04. The Hall–Kier alpha value is -3.33. The van der Waals surface area contributed by atoms with Crippen molar-refractivity contribution in [2.45, 2.75) is 40.2 Å². The third-order valence-corrected chi connectivity index (χ3v) is 4.54. The molecule has 28 heavy (non-hydrogen) atoms. The molecule has 0 unspecified atom stereocenters. The number of hydrogen-bond donors (Lipinski definition) is 1. The minimum Gasteiger partial charge on any atom is -0.494 e. The lowest BCUT2D eigenvalue weighted by Gasteiger charge is -2.17. The molecule has 2 aromatic rings. The number of aromatic nitrogens is 1. The Balaban J connectivity index is 2.45. The molecular formula is C22H24N2O4. The molecule has 0 aliphatic heterocycles. The number of nitriles is 1. The van der Waals surface area contributed by atoms with Crippen LogP contribution in [-0.4, -0.2) is 22.1 Å². The molecule has 0 fully saturated rings. The number of benzene rings is 1. The van der Waals surface area contributed by atoms with Crippen LogP contribution >= 0.6 is 0 Å². The minimum atomic E-state index is -0.657. The number of ketones is 1. The van der Waals surface area contributed by atoms with E-state index >= 15 is 0 Å². The SMILES string of the molecule is C=CCn1c(O)c(C(=O)COc2cc(C)ccc2C(C)C)c(C)c(C#N)c1=O. The molecule has 1 aromatic carbocycles. The molecule has 0 amide bonds. The maximum Gasteiger partial charge on any atom is 0.271 e. The Morgan fingerprint density at radius 1 is 1.39 bits per heavy atom. The van der Waals surface area contributed by atoms with E-state index in [4.69, 9.17) is 4.74 Å². The molecular weight excluding hydrogens is 356 g/mol. The number of carbonyl (C=O) groups is 1. The molecule has 0 aliphatic carbocycles. The summed E-state index contributed by atoms with van der Waals surface area (Å²) in [4.78, 5) is 25.2. The van der Waals surface area contributed by atoms with Crippen molar-refractivity contribution in [3.8, 4) is 17.7 Å². The zero-order chi connectivity index (χ0) is 21.0. The van der Waals surface area contributed by atoms with E-state index < -0.39 is 17.2 Å². The quantitative estimate of drug-likeness (QED) is 0.585. The third kappa shape index (κ3) is 3.99. The fraction of sp³-hybridized carbons (Fsp3) is 0.318. The second-order valence-corrected chi connectivity index (χ2v) is 6.92. The molecule has 0 radical (unpaired) electrons. The molecule has 1 aromatic heterocycles. The van der Waals surface area contributed by atoms with Gasteiger partial charge in [-0.1, -0.05) is 32.1 Å². The van der Waals surface area contributed by atoms with Gasteiger partial charge in [-0.15, -0.1) is 6.58 Å². The van der Waals surface area contributed by atoms with E-state index in [1.54, 1.807) is 0 Å². The average molecular weight is 380 g/mol. The Morgan fingerprint density at radius 3 is 2.64 bits per heavy atom. The van der Waals surface area contributed by atoms with Gasteiger partial charge in [-0.25, -0.2) is 0 Å². The number of nitrogens with zero attached hydrogens (tertiary/aromatic N) is 2. The van der Waals surface area contributed by atoms with Crippen LogP contribution in [0.5, 0.6) is 11.6 Å². The lowest BCUT2D eigenvalue weighted by Crippen LogP contribution is -2.27. The first-order chi connectivity index (χ1) is 13.2. The van der Waals surface area contributed by atoms with Crippen LogP contribution in [0.3, 0.4) is 0 Å². The van der Waals surface area contributed by atoms with Crippen molar-refractivity contribution in [1.82, 2.24) is 4.57 Å². The number of aryl methyl sites for hydroxylation is 1. The van der Waals surface area contributed by atoms with Crippen LogP contribution in [0.1, 0.15) is 52.4 Å². The van der Waals surface area contributed by atoms with Gasteiger partial charge in [0.05, 0.1) is 5.56 Å². The van der Waals surface area contributed by atoms with Crippen molar-refractivity contribution in [2.24, 2.45) is 0 Å². The normalized spacial score (nSPS) is 10.6. The average Bonchev–Trinajstić information content (AvgIpc) is 2.63. The summed E-state index contributed by atoms with van der Waals surface area (Å²) in [5.41, 5.74) is 1.19. The number of ether oxygens (including phenoxy) is 1. The summed E-state index contributed by atoms with van der Waals surface area (Å²) in [5.74, 6) is -0.190. The Kier molecular flexibility index (Phi) is 6.42. The van der Waals surface area contributed by atoms with Crippen LogP contribution in [0.2, 0.25) is 0 Å². The van der Waals surface area contributed by atoms with Crippen molar-refractivity contribution in [3.05, 3.63) is 69.0 Å². The zero-order valence-corrected chi connectivity index (χ0v) is 16.6. The first-order valence-corrected chi connectivity index (χ1v) is 8.96. The Bertz CT molecular complexity index is 1030. The topological polar surface area (TPSA) is 92.3 Å². The van der Waals surface area contributed by atoms with Crippen molar-refractivity contribution in [1.29, 1.82) is 5.26 Å². The number of aromatic hydroxyl groups is 1. The van der Waals surface area contributed by atoms with Gasteiger partial charge in [0, 0.05) is 6.54 Å². The molecule has 0 atom stereocenters. The fourth-order valence-electron chi connectivity index (χ4n) is 3.04. The van der Waals surface area contributed by atoms with E-state index in [1.165, 1.54) is 13.0 Å². The van der Waals surface area contributed by atoms with E-state index in [0.29, 0.717) is 5.75 Å². The molecule has 0 aliphatic rings. The third-order valence-electron chi connectivity index (χ3n) is 4.54. The van der Waals surface area contributed by atoms with Gasteiger partial charge >= 0.3 is 0 Å². The molecule has 0 bridgehead atoms. The molecule has 6 heteroatoms. The maximum absolute atomic E-state index is 12.8. The van der Waals surface area contributed by atoms with Gasteiger partial charge in [0.15, 0.2) is 6.61 Å². The van der Waals surface area contributed by atoms with Crippen molar-refractivity contribution < 1.29 is 14.6 Å². The van der Waals surface area contributed by atoms with Gasteiger partial charge in [-0.2, -0.15) is 5.26 Å². The van der Waals surface area contributed by atoms with Crippen molar-refractivity contribution >= 4 is 5.78 Å². The Labute approximate surface area is 164 Å². The van der Waals surface area contributed by atoms with Gasteiger partial charge in [-0.3, -0.25) is 14.2 Å². The van der Waals surface area contributed by atoms with E-state index in [0.717, 1.165) is 15.7 Å². The molecule has 1 heterocycles. The van der Waals surface area contributed by atoms with Gasteiger partial charge in [-0.05, 0) is 42.5 Å². The highest BCUT2D eigenvalue weighted by Crippen LogP contribution is 2.28. The smallest absolute Gasteiger partial charge is 0.271 e. The van der Waals surface area contributed by atoms with Crippen LogP contribution in [-0.2, 0) is 6.54 Å². The minimum absolute atomic E-state index is 0.0177. The molecule has 0 saturated heterocycles. The van der Waals surface area contributed by atoms with Crippen LogP contribution in [0, 0.1) is 25.2 Å². The van der Waals surface area contributed by atoms with Gasteiger partial charge in [0.25, 0.3) is 5.56 Å². The largest absolute Gasteiger partial charge is 0.494 e. The second-order valence-electron chi connectivity index (χ2n) is 6.92. The van der Waals surface area contributed by atoms with Crippen LogP contribution in [0.15, 0.2) is 35.6 Å². The summed E-state index contributed by atoms with van der Waals surface area (Å²) in [7, 11) is 0. The van der Waals surface area contributed by atoms with Crippen LogP contribution in [0.4, 0.5) is 0 Å². The van der Waals surface area contributed by atoms with Gasteiger partial charge in [0.1, 0.15) is 17.4 Å². The molecule has 1 N–H and O–H groups in total. The van der Waals surface area contributed by atoms with Crippen LogP contribution < -0.4 is 10.3 Å². The van der Waals surface area contributed by atoms with Crippen molar-refractivity contribution in [3.63, 3.8) is 0 Å². The molecule has 2 rings (SSSR count). The highest BCUT2D eigenvalue weighted by Gasteiger charge is 2.24. The standard InChI is InChI=1S/C22H24N2O4/c1-6-9-24-21(26)17(11-23)15(5)20(22(24)27)18(25)12-28-19-10-14(4)7-8-16(19)13(2)3/h6-8,10,13,27H,1,9,12H2,2-5H3. The van der Waals surface area contributed by atoms with Gasteiger partial charge in [0.2, 0.25) is 11.7 Å². The number of pyridine rings is 1. The number of rotatable bonds is 7. The summed E-state index contributed by atoms with van der Waals surface area (Å²) < 4.78 is 6.71. The summed E-state index contributed by atoms with van der Waals surface area (Å²) in [6, 6.07) is 7.61. The predicted molar refractivity (Wildman–Crippen MR) is 107 cm³/mol. The second kappa shape index (κ2) is 8.57. The first-order valence-electron chi connectivity index (χ1n) is 8.96. The Morgan fingerprint density at radius 2 is 2.07 bits per heavy atom. The zero-order valence-electron chi connectivity index (χ0n) is 16.6. The van der Waals surface area contributed by atoms with E-state index in [1.807, 2.05) is 45.0 Å². The highest BCUT2D eigenvalue weighted by atomic mass is 16.5. The summed E-state index contributed by atoms with van der Waals surface area (Å²) in [6.45, 7) is 10.6. The molecule has 146 valence electrons. The lowest BCUT2D eigenvalue weighted by atomic mass is 10.0. The molecule has 6 nitrogen and oxygen atoms in total. The van der Waals surface area contributed by atoms with Gasteiger partial charge < -0.3 is 9.84 Å². The maximum atomic E-state index is 12.8. The van der Waals surface area contributed by atoms with E-state index in [2.05, 4.69) is 6.58 Å². The van der Waals surface area contributed by atoms with Crippen LogP contribution in [0.25, 0.3) is 0 Å². The van der Waals surface area contributed by atoms with E-state index in [9.17, 15) is 20.0 Å². The highest BCUT2D eigenvalue weighted by molar-refractivity contribution is 6.01. The lowest BCUT2D eigenvalue weighted by molar-refractivity contribution is 0.0915. The monoisotopic (exact) mass is 380 g/mol. The number of allylic oxidation sites excluding steroid dienone is 1. The van der Waals surface area contributed by atoms with E-state index in [-0.39, 0.29) is 35.8 Å².